The molecule has 6 rings (SSSR count). The van der Waals surface area contributed by atoms with Crippen LogP contribution in [0.4, 0.5) is 4.79 Å². The lowest BCUT2D eigenvalue weighted by atomic mass is 9.92. The van der Waals surface area contributed by atoms with Gasteiger partial charge in [-0.05, 0) is 63.3 Å². The Bertz CT molecular complexity index is 2060. The second-order valence-corrected chi connectivity index (χ2v) is 20.8. The molecule has 8 atom stereocenters. The number of amides is 1. The van der Waals surface area contributed by atoms with Gasteiger partial charge in [0, 0.05) is 0 Å². The summed E-state index contributed by atoms with van der Waals surface area (Å²) in [6.45, 7) is 13.3. The Balaban J connectivity index is 1.28. The monoisotopic (exact) mass is 976 g/mol. The molecular formula is C61H85NO9. The normalized spacial score (nSPS) is 22.6. The third-order valence-corrected chi connectivity index (χ3v) is 13.0. The molecule has 2 saturated heterocycles. The lowest BCUT2D eigenvalue weighted by Gasteiger charge is -2.45. The Morgan fingerprint density at radius 1 is 0.592 bits per heavy atom. The van der Waals surface area contributed by atoms with Crippen LogP contribution < -0.4 is 5.32 Å². The minimum absolute atomic E-state index is 0.226. The van der Waals surface area contributed by atoms with Gasteiger partial charge in [0.2, 0.25) is 0 Å². The van der Waals surface area contributed by atoms with E-state index in [0.29, 0.717) is 26.4 Å². The summed E-state index contributed by atoms with van der Waals surface area (Å²) in [4.78, 5) is 13.8. The van der Waals surface area contributed by atoms with Gasteiger partial charge in [-0.3, -0.25) is 0 Å². The fraction of sp³-hybridized carbons (Fsp3) is 0.557. The summed E-state index contributed by atoms with van der Waals surface area (Å²) in [6.07, 6.45) is 15.6. The lowest BCUT2D eigenvalue weighted by Crippen LogP contribution is -2.60. The molecule has 71 heavy (non-hydrogen) atoms. The first-order valence-corrected chi connectivity index (χ1v) is 26.7. The van der Waals surface area contributed by atoms with Gasteiger partial charge in [-0.15, -0.1) is 0 Å². The average molecular weight is 976 g/mol. The summed E-state index contributed by atoms with van der Waals surface area (Å²) in [6, 6.07) is 39.9. The molecule has 2 aliphatic heterocycles. The van der Waals surface area contributed by atoms with E-state index in [4.69, 9.17) is 37.9 Å². The Morgan fingerprint density at radius 3 is 1.54 bits per heavy atom. The van der Waals surface area contributed by atoms with E-state index in [1.54, 1.807) is 0 Å². The summed E-state index contributed by atoms with van der Waals surface area (Å²) >= 11 is 0. The fourth-order valence-corrected chi connectivity index (χ4v) is 9.47. The van der Waals surface area contributed by atoms with E-state index >= 15 is 0 Å². The molecule has 10 heteroatoms. The van der Waals surface area contributed by atoms with E-state index in [0.717, 1.165) is 41.5 Å². The molecule has 4 aromatic rings. The lowest BCUT2D eigenvalue weighted by molar-refractivity contribution is -0.263. The third-order valence-electron chi connectivity index (χ3n) is 13.0. The number of ether oxygens (including phenoxy) is 8. The zero-order valence-corrected chi connectivity index (χ0v) is 43.7. The predicted octanol–water partition coefficient (Wildman–Crippen LogP) is 13.8. The van der Waals surface area contributed by atoms with Crippen molar-refractivity contribution in [2.24, 2.45) is 0 Å². The van der Waals surface area contributed by atoms with Gasteiger partial charge in [-0.2, -0.15) is 0 Å². The Hall–Kier alpha value is -4.39. The number of alkyl carbamates (subject to hydrolysis) is 1. The van der Waals surface area contributed by atoms with Crippen molar-refractivity contribution in [1.29, 1.82) is 0 Å². The summed E-state index contributed by atoms with van der Waals surface area (Å²) in [5.41, 5.74) is 3.40. The highest BCUT2D eigenvalue weighted by atomic mass is 16.8. The quantitative estimate of drug-likeness (QED) is 0.0404. The van der Waals surface area contributed by atoms with Gasteiger partial charge >= 0.3 is 6.09 Å². The van der Waals surface area contributed by atoms with E-state index < -0.39 is 60.1 Å². The maximum Gasteiger partial charge on any atom is 0.408 e. The van der Waals surface area contributed by atoms with Gasteiger partial charge in [-0.1, -0.05) is 217 Å². The van der Waals surface area contributed by atoms with Crippen molar-refractivity contribution in [2.75, 3.05) is 6.61 Å². The van der Waals surface area contributed by atoms with Gasteiger partial charge in [0.05, 0.1) is 45.2 Å². The fourth-order valence-electron chi connectivity index (χ4n) is 9.47. The standard InChI is InChI=1S/C61H85NO9/c1-7-8-9-10-11-12-13-14-15-16-17-30-39-53-55(70-61(5,6)69-53)51(62-59(63)71-60(2,3)4)40-41-52-56(65-43-48-33-24-19-25-34-48)58(67-45-50-37-28-21-29-38-50)57(66-44-49-35-26-20-27-36-49)54(68-52)46-64-42-47-31-22-18-23-32-47/h18-29,31-38,40-41,51-58H,7-17,30,39,42-46H2,1-6H3,(H,62,63)/t51-,52+,53+,54?,55-,56?,57-,58+/m0/s1. The molecule has 0 bridgehead atoms. The number of carbonyl (C=O) groups excluding carboxylic acids is 1. The third kappa shape index (κ3) is 20.2. The smallest absolute Gasteiger partial charge is 0.408 e. The van der Waals surface area contributed by atoms with Gasteiger partial charge in [0.25, 0.3) is 0 Å². The number of unbranched alkanes of at least 4 members (excludes halogenated alkanes) is 11. The molecule has 2 fully saturated rings. The molecule has 4 aromatic carbocycles. The molecule has 2 unspecified atom stereocenters. The van der Waals surface area contributed by atoms with E-state index in [2.05, 4.69) is 60.8 Å². The Kier molecular flexibility index (Phi) is 23.6. The van der Waals surface area contributed by atoms with Crippen LogP contribution >= 0.6 is 0 Å². The van der Waals surface area contributed by atoms with Crippen LogP contribution in [-0.2, 0) is 64.3 Å². The van der Waals surface area contributed by atoms with E-state index in [1.165, 1.54) is 64.2 Å². The van der Waals surface area contributed by atoms with E-state index in [-0.39, 0.29) is 12.7 Å². The molecule has 2 heterocycles. The molecule has 0 saturated carbocycles. The number of nitrogens with one attached hydrogen (secondary N) is 1. The molecule has 0 spiro atoms. The molecule has 0 aliphatic carbocycles. The van der Waals surface area contributed by atoms with Gasteiger partial charge in [0.15, 0.2) is 5.79 Å². The molecule has 388 valence electrons. The number of benzene rings is 4. The predicted molar refractivity (Wildman–Crippen MR) is 282 cm³/mol. The van der Waals surface area contributed by atoms with Crippen molar-refractivity contribution in [2.45, 2.75) is 212 Å². The molecule has 2 aliphatic rings. The minimum atomic E-state index is -0.863. The first-order chi connectivity index (χ1) is 34.5. The van der Waals surface area contributed by atoms with E-state index in [9.17, 15) is 4.79 Å². The first-order valence-electron chi connectivity index (χ1n) is 26.7. The second kappa shape index (κ2) is 30.0. The number of hydrogen-bond donors (Lipinski definition) is 1. The van der Waals surface area contributed by atoms with Crippen molar-refractivity contribution in [3.63, 3.8) is 0 Å². The highest BCUT2D eigenvalue weighted by molar-refractivity contribution is 5.68. The SMILES string of the molecule is CCCCCCCCCCCCCC[C@H]1OC(C)(C)O[C@H]1[C@H](C=C[C@H]1OC(COCc2ccccc2)[C@H](OCc2ccccc2)[C@H](OCc2ccccc2)C1OCc1ccccc1)NC(=O)OC(C)(C)C. The number of rotatable bonds is 30. The molecule has 1 amide bonds. The van der Waals surface area contributed by atoms with Gasteiger partial charge in [-0.25, -0.2) is 4.79 Å². The maximum atomic E-state index is 13.8. The molecule has 10 nitrogen and oxygen atoms in total. The highest BCUT2D eigenvalue weighted by Gasteiger charge is 2.49. The molecule has 0 aromatic heterocycles. The topological polar surface area (TPSA) is 103 Å². The van der Waals surface area contributed by atoms with Gasteiger partial charge < -0.3 is 43.2 Å². The summed E-state index contributed by atoms with van der Waals surface area (Å²) in [5, 5.41) is 3.18. The largest absolute Gasteiger partial charge is 0.444 e. The zero-order valence-electron chi connectivity index (χ0n) is 43.7. The molecule has 1 N–H and O–H groups in total. The second-order valence-electron chi connectivity index (χ2n) is 20.8. The molecular weight excluding hydrogens is 891 g/mol. The Labute approximate surface area is 426 Å². The van der Waals surface area contributed by atoms with Crippen LogP contribution in [0, 0.1) is 0 Å². The van der Waals surface area contributed by atoms with E-state index in [1.807, 2.05) is 120 Å². The van der Waals surface area contributed by atoms with Crippen LogP contribution in [-0.4, -0.2) is 72.9 Å². The van der Waals surface area contributed by atoms with Crippen LogP contribution in [0.3, 0.4) is 0 Å². The summed E-state index contributed by atoms with van der Waals surface area (Å²) < 4.78 is 53.8. The summed E-state index contributed by atoms with van der Waals surface area (Å²) in [7, 11) is 0. The number of carbonyl (C=O) groups is 1. The Morgan fingerprint density at radius 2 is 1.04 bits per heavy atom. The molecule has 0 radical (unpaired) electrons. The summed E-state index contributed by atoms with van der Waals surface area (Å²) in [5.74, 6) is -0.863. The number of hydrogen-bond acceptors (Lipinski definition) is 9. The van der Waals surface area contributed by atoms with Crippen LogP contribution in [0.1, 0.15) is 147 Å². The van der Waals surface area contributed by atoms with Crippen LogP contribution in [0.2, 0.25) is 0 Å². The van der Waals surface area contributed by atoms with Crippen LogP contribution in [0.15, 0.2) is 133 Å². The van der Waals surface area contributed by atoms with Crippen LogP contribution in [0.25, 0.3) is 0 Å². The first kappa shape index (κ1) is 55.9. The van der Waals surface area contributed by atoms with Crippen molar-refractivity contribution >= 4 is 6.09 Å². The maximum absolute atomic E-state index is 13.8. The van der Waals surface area contributed by atoms with Crippen LogP contribution in [0.5, 0.6) is 0 Å². The average Bonchev–Trinajstić information content (AvgIpc) is 3.68. The minimum Gasteiger partial charge on any atom is -0.444 e. The van der Waals surface area contributed by atoms with Crippen molar-refractivity contribution in [3.05, 3.63) is 156 Å². The highest BCUT2D eigenvalue weighted by Crippen LogP contribution is 2.35. The zero-order chi connectivity index (χ0) is 50.2. The van der Waals surface area contributed by atoms with Crippen molar-refractivity contribution < 1.29 is 42.7 Å². The van der Waals surface area contributed by atoms with Gasteiger partial charge in [0.1, 0.15) is 42.2 Å². The van der Waals surface area contributed by atoms with Crippen molar-refractivity contribution in [1.82, 2.24) is 5.32 Å². The van der Waals surface area contributed by atoms with Crippen molar-refractivity contribution in [3.8, 4) is 0 Å².